The molecule has 0 saturated heterocycles. The average molecular weight is 309 g/mol. The highest BCUT2D eigenvalue weighted by atomic mass is 35.5. The normalized spacial score (nSPS) is 10.2. The van der Waals surface area contributed by atoms with E-state index in [-0.39, 0.29) is 5.02 Å². The van der Waals surface area contributed by atoms with Crippen LogP contribution in [-0.4, -0.2) is 5.11 Å². The maximum Gasteiger partial charge on any atom is 0.175 e. The van der Waals surface area contributed by atoms with Gasteiger partial charge in [-0.05, 0) is 61.5 Å². The van der Waals surface area contributed by atoms with Gasteiger partial charge in [-0.3, -0.25) is 0 Å². The first-order valence-electron chi connectivity index (χ1n) is 6.06. The lowest BCUT2D eigenvalue weighted by Gasteiger charge is -2.14. The summed E-state index contributed by atoms with van der Waals surface area (Å²) in [5, 5.41) is 6.58. The summed E-state index contributed by atoms with van der Waals surface area (Å²) in [6, 6.07) is 10.3. The fourth-order valence-corrected chi connectivity index (χ4v) is 2.15. The number of benzene rings is 2. The number of rotatable bonds is 2. The molecule has 0 radical (unpaired) electrons. The van der Waals surface area contributed by atoms with E-state index in [0.29, 0.717) is 10.8 Å². The maximum absolute atomic E-state index is 13.1. The summed E-state index contributed by atoms with van der Waals surface area (Å²) in [5.74, 6) is -0.453. The highest BCUT2D eigenvalue weighted by Crippen LogP contribution is 2.21. The van der Waals surface area contributed by atoms with Gasteiger partial charge in [0.1, 0.15) is 5.82 Å². The van der Waals surface area contributed by atoms with E-state index in [1.807, 2.05) is 32.0 Å². The SMILES string of the molecule is Cc1cccc(NC(=S)Nc2ccc(F)c(Cl)c2)c1C. The first-order valence-corrected chi connectivity index (χ1v) is 6.85. The van der Waals surface area contributed by atoms with Crippen molar-refractivity contribution >= 4 is 40.3 Å². The Bertz CT molecular complexity index is 658. The van der Waals surface area contributed by atoms with E-state index >= 15 is 0 Å². The highest BCUT2D eigenvalue weighted by molar-refractivity contribution is 7.80. The Morgan fingerprint density at radius 3 is 2.60 bits per heavy atom. The van der Waals surface area contributed by atoms with Crippen molar-refractivity contribution in [3.8, 4) is 0 Å². The zero-order valence-electron chi connectivity index (χ0n) is 11.1. The third-order valence-electron chi connectivity index (χ3n) is 3.03. The molecule has 0 spiro atoms. The van der Waals surface area contributed by atoms with Gasteiger partial charge in [0.25, 0.3) is 0 Å². The number of aryl methyl sites for hydroxylation is 1. The lowest BCUT2D eigenvalue weighted by atomic mass is 10.1. The number of hydrogen-bond acceptors (Lipinski definition) is 1. The number of hydrogen-bond donors (Lipinski definition) is 2. The molecule has 0 saturated carbocycles. The summed E-state index contributed by atoms with van der Waals surface area (Å²) in [6.45, 7) is 4.06. The molecule has 2 aromatic rings. The molecule has 5 heteroatoms. The van der Waals surface area contributed by atoms with Crippen molar-refractivity contribution in [1.29, 1.82) is 0 Å². The minimum atomic E-state index is -0.453. The first-order chi connectivity index (χ1) is 9.47. The van der Waals surface area contributed by atoms with Gasteiger partial charge in [0, 0.05) is 11.4 Å². The molecule has 20 heavy (non-hydrogen) atoms. The second-order valence-corrected chi connectivity index (χ2v) is 5.27. The van der Waals surface area contributed by atoms with E-state index in [1.165, 1.54) is 17.7 Å². The zero-order valence-corrected chi connectivity index (χ0v) is 12.7. The summed E-state index contributed by atoms with van der Waals surface area (Å²) >= 11 is 11.0. The van der Waals surface area contributed by atoms with Crippen LogP contribution in [-0.2, 0) is 0 Å². The smallest absolute Gasteiger partial charge is 0.175 e. The third kappa shape index (κ3) is 3.46. The molecular weight excluding hydrogens is 295 g/mol. The molecule has 0 aliphatic carbocycles. The standard InChI is InChI=1S/C15H14ClFN2S/c1-9-4-3-5-14(10(9)2)19-15(20)18-11-6-7-13(17)12(16)8-11/h3-8H,1-2H3,(H2,18,19,20). The topological polar surface area (TPSA) is 24.1 Å². The molecule has 0 aromatic heterocycles. The summed E-state index contributed by atoms with van der Waals surface area (Å²) in [5.41, 5.74) is 3.89. The minimum Gasteiger partial charge on any atom is -0.332 e. The Morgan fingerprint density at radius 2 is 1.90 bits per heavy atom. The molecule has 0 atom stereocenters. The molecular formula is C15H14ClFN2S. The van der Waals surface area contributed by atoms with E-state index in [0.717, 1.165) is 11.3 Å². The Labute approximate surface area is 128 Å². The Morgan fingerprint density at radius 1 is 1.15 bits per heavy atom. The predicted molar refractivity (Wildman–Crippen MR) is 87.2 cm³/mol. The number of thiocarbonyl (C=S) groups is 1. The predicted octanol–water partition coefficient (Wildman–Crippen LogP) is 4.90. The van der Waals surface area contributed by atoms with Crippen molar-refractivity contribution in [3.05, 3.63) is 58.4 Å². The quantitative estimate of drug-likeness (QED) is 0.771. The van der Waals surface area contributed by atoms with Gasteiger partial charge in [-0.25, -0.2) is 4.39 Å². The van der Waals surface area contributed by atoms with Crippen LogP contribution in [0.5, 0.6) is 0 Å². The van der Waals surface area contributed by atoms with Crippen molar-refractivity contribution in [1.82, 2.24) is 0 Å². The van der Waals surface area contributed by atoms with Crippen molar-refractivity contribution in [2.24, 2.45) is 0 Å². The average Bonchev–Trinajstić information content (AvgIpc) is 2.39. The van der Waals surface area contributed by atoms with Gasteiger partial charge in [-0.15, -0.1) is 0 Å². The molecule has 0 unspecified atom stereocenters. The van der Waals surface area contributed by atoms with Crippen molar-refractivity contribution in [2.45, 2.75) is 13.8 Å². The molecule has 0 heterocycles. The number of halogens is 2. The highest BCUT2D eigenvalue weighted by Gasteiger charge is 2.05. The molecule has 0 bridgehead atoms. The van der Waals surface area contributed by atoms with Gasteiger partial charge >= 0.3 is 0 Å². The summed E-state index contributed by atoms with van der Waals surface area (Å²) < 4.78 is 13.1. The summed E-state index contributed by atoms with van der Waals surface area (Å²) in [7, 11) is 0. The molecule has 2 aromatic carbocycles. The van der Waals surface area contributed by atoms with Crippen LogP contribution in [0.3, 0.4) is 0 Å². The largest absolute Gasteiger partial charge is 0.332 e. The van der Waals surface area contributed by atoms with E-state index in [2.05, 4.69) is 10.6 Å². The first kappa shape index (κ1) is 14.8. The van der Waals surface area contributed by atoms with Gasteiger partial charge in [0.15, 0.2) is 5.11 Å². The second-order valence-electron chi connectivity index (χ2n) is 4.46. The van der Waals surface area contributed by atoms with Gasteiger partial charge in [-0.2, -0.15) is 0 Å². The second kappa shape index (κ2) is 6.20. The summed E-state index contributed by atoms with van der Waals surface area (Å²) in [4.78, 5) is 0. The molecule has 2 nitrogen and oxygen atoms in total. The van der Waals surface area contributed by atoms with Crippen molar-refractivity contribution < 1.29 is 4.39 Å². The van der Waals surface area contributed by atoms with Crippen LogP contribution in [0.25, 0.3) is 0 Å². The number of anilines is 2. The summed E-state index contributed by atoms with van der Waals surface area (Å²) in [6.07, 6.45) is 0. The molecule has 2 N–H and O–H groups in total. The Hall–Kier alpha value is -1.65. The van der Waals surface area contributed by atoms with Crippen molar-refractivity contribution in [3.63, 3.8) is 0 Å². The fourth-order valence-electron chi connectivity index (χ4n) is 1.75. The Balaban J connectivity index is 2.09. The van der Waals surface area contributed by atoms with Crippen LogP contribution in [0.15, 0.2) is 36.4 Å². The molecule has 0 aliphatic heterocycles. The lowest BCUT2D eigenvalue weighted by Crippen LogP contribution is -2.19. The van der Waals surface area contributed by atoms with Crippen LogP contribution in [0.2, 0.25) is 5.02 Å². The maximum atomic E-state index is 13.1. The number of nitrogens with one attached hydrogen (secondary N) is 2. The molecule has 104 valence electrons. The van der Waals surface area contributed by atoms with Crippen molar-refractivity contribution in [2.75, 3.05) is 10.6 Å². The van der Waals surface area contributed by atoms with Gasteiger partial charge < -0.3 is 10.6 Å². The van der Waals surface area contributed by atoms with Gasteiger partial charge in [0.2, 0.25) is 0 Å². The van der Waals surface area contributed by atoms with E-state index < -0.39 is 5.82 Å². The minimum absolute atomic E-state index is 0.0598. The van der Waals surface area contributed by atoms with E-state index in [4.69, 9.17) is 23.8 Å². The Kier molecular flexibility index (Phi) is 4.57. The molecule has 0 amide bonds. The fraction of sp³-hybridized carbons (Fsp3) is 0.133. The van der Waals surface area contributed by atoms with Gasteiger partial charge in [-0.1, -0.05) is 23.7 Å². The molecule has 0 fully saturated rings. The third-order valence-corrected chi connectivity index (χ3v) is 3.52. The van der Waals surface area contributed by atoms with Crippen LogP contribution >= 0.6 is 23.8 Å². The van der Waals surface area contributed by atoms with E-state index in [9.17, 15) is 4.39 Å². The molecule has 0 aliphatic rings. The van der Waals surface area contributed by atoms with E-state index in [1.54, 1.807) is 6.07 Å². The van der Waals surface area contributed by atoms with Crippen LogP contribution in [0.4, 0.5) is 15.8 Å². The van der Waals surface area contributed by atoms with Gasteiger partial charge in [0.05, 0.1) is 5.02 Å². The van der Waals surface area contributed by atoms with Crippen LogP contribution in [0.1, 0.15) is 11.1 Å². The monoisotopic (exact) mass is 308 g/mol. The van der Waals surface area contributed by atoms with Crippen LogP contribution in [0, 0.1) is 19.7 Å². The zero-order chi connectivity index (χ0) is 14.7. The molecule has 2 rings (SSSR count). The lowest BCUT2D eigenvalue weighted by molar-refractivity contribution is 0.628. The van der Waals surface area contributed by atoms with Crippen LogP contribution < -0.4 is 10.6 Å².